The molecule has 0 N–H and O–H groups in total. The van der Waals surface area contributed by atoms with Gasteiger partial charge in [0.15, 0.2) is 17.5 Å². The summed E-state index contributed by atoms with van der Waals surface area (Å²) in [5.74, 6) is 1.84. The van der Waals surface area contributed by atoms with E-state index >= 15 is 0 Å². The smallest absolute Gasteiger partial charge is 0.164 e. The molecule has 0 saturated carbocycles. The molecule has 0 amide bonds. The fraction of sp³-hybridized carbons (Fsp3) is 0.0156. The van der Waals surface area contributed by atoms with Crippen molar-refractivity contribution in [2.75, 3.05) is 0 Å². The van der Waals surface area contributed by atoms with Gasteiger partial charge >= 0.3 is 0 Å². The Hall–Kier alpha value is -8.79. The van der Waals surface area contributed by atoms with Crippen molar-refractivity contribution in [3.8, 4) is 89.8 Å². The quantitative estimate of drug-likeness (QED) is 0.145. The first-order valence-corrected chi connectivity index (χ1v) is 22.8. The molecule has 1 aromatic heterocycles. The minimum atomic E-state index is -0.472. The maximum absolute atomic E-state index is 5.29. The largest absolute Gasteiger partial charge is 0.208 e. The Balaban J connectivity index is 1.03. The van der Waals surface area contributed by atoms with Gasteiger partial charge in [-0.2, -0.15) is 0 Å². The van der Waals surface area contributed by atoms with Crippen LogP contribution in [0.5, 0.6) is 0 Å². The molecule has 1 aliphatic carbocycles. The van der Waals surface area contributed by atoms with E-state index in [1.807, 2.05) is 12.1 Å². The van der Waals surface area contributed by atoms with Crippen molar-refractivity contribution in [1.82, 2.24) is 15.0 Å². The molecule has 3 heteroatoms. The molecule has 0 saturated heterocycles. The molecule has 67 heavy (non-hydrogen) atoms. The predicted octanol–water partition coefficient (Wildman–Crippen LogP) is 15.9. The number of aromatic nitrogens is 3. The zero-order chi connectivity index (χ0) is 44.6. The fourth-order valence-electron chi connectivity index (χ4n) is 10.00. The molecule has 10 aromatic carbocycles. The third-order valence-corrected chi connectivity index (χ3v) is 13.2. The lowest BCUT2D eigenvalue weighted by Gasteiger charge is -2.33. The second kappa shape index (κ2) is 17.0. The number of hydrogen-bond donors (Lipinski definition) is 0. The Bertz CT molecular complexity index is 3380. The summed E-state index contributed by atoms with van der Waals surface area (Å²) in [6.07, 6.45) is 0. The van der Waals surface area contributed by atoms with E-state index in [4.69, 9.17) is 15.0 Å². The van der Waals surface area contributed by atoms with E-state index in [0.29, 0.717) is 17.5 Å². The summed E-state index contributed by atoms with van der Waals surface area (Å²) in [7, 11) is 0. The summed E-state index contributed by atoms with van der Waals surface area (Å²) < 4.78 is 0. The van der Waals surface area contributed by atoms with E-state index in [-0.39, 0.29) is 0 Å². The topological polar surface area (TPSA) is 38.7 Å². The van der Waals surface area contributed by atoms with Crippen molar-refractivity contribution in [2.45, 2.75) is 5.41 Å². The van der Waals surface area contributed by atoms with Crippen LogP contribution in [0.1, 0.15) is 22.3 Å². The highest BCUT2D eigenvalue weighted by atomic mass is 15.0. The number of benzene rings is 10. The molecule has 12 rings (SSSR count). The monoisotopic (exact) mass is 853 g/mol. The molecule has 0 aliphatic heterocycles. The SMILES string of the molecule is c1ccc(-c2ccc(-c3nc(-c4ccc(-c5ccccc5)cc4)nc(-c4cc(-c5ccccc5)cc(-c5ccc6c(c5)-c5ccccc5C6(c5ccccc5)c5ccccc5)c4)n3)cc2)cc1. The van der Waals surface area contributed by atoms with Gasteiger partial charge in [0.2, 0.25) is 0 Å². The number of nitrogens with zero attached hydrogens (tertiary/aromatic N) is 3. The maximum Gasteiger partial charge on any atom is 0.164 e. The van der Waals surface area contributed by atoms with Crippen LogP contribution in [-0.2, 0) is 5.41 Å². The van der Waals surface area contributed by atoms with Crippen LogP contribution in [-0.4, -0.2) is 15.0 Å². The van der Waals surface area contributed by atoms with E-state index in [2.05, 4.69) is 249 Å². The van der Waals surface area contributed by atoms with Gasteiger partial charge in [0, 0.05) is 16.7 Å². The van der Waals surface area contributed by atoms with E-state index < -0.39 is 5.41 Å². The maximum atomic E-state index is 5.29. The van der Waals surface area contributed by atoms with E-state index in [9.17, 15) is 0 Å². The molecule has 0 fully saturated rings. The normalized spacial score (nSPS) is 12.3. The Morgan fingerprint density at radius 3 is 1.03 bits per heavy atom. The summed E-state index contributed by atoms with van der Waals surface area (Å²) in [5.41, 5.74) is 18.8. The van der Waals surface area contributed by atoms with Crippen LogP contribution >= 0.6 is 0 Å². The van der Waals surface area contributed by atoms with Crippen LogP contribution in [0.3, 0.4) is 0 Å². The number of rotatable bonds is 9. The summed E-state index contributed by atoms with van der Waals surface area (Å²) in [4.78, 5) is 15.7. The van der Waals surface area contributed by atoms with Crippen LogP contribution < -0.4 is 0 Å². The first-order chi connectivity index (χ1) is 33.2. The Kier molecular flexibility index (Phi) is 10.1. The van der Waals surface area contributed by atoms with Crippen molar-refractivity contribution in [3.05, 3.63) is 283 Å². The second-order valence-corrected chi connectivity index (χ2v) is 17.1. The summed E-state index contributed by atoms with van der Waals surface area (Å²) in [6.45, 7) is 0. The van der Waals surface area contributed by atoms with Crippen molar-refractivity contribution in [2.24, 2.45) is 0 Å². The molecule has 314 valence electrons. The van der Waals surface area contributed by atoms with Crippen molar-refractivity contribution < 1.29 is 0 Å². The minimum absolute atomic E-state index is 0.472. The van der Waals surface area contributed by atoms with Gasteiger partial charge in [-0.3, -0.25) is 0 Å². The van der Waals surface area contributed by atoms with Gasteiger partial charge in [-0.25, -0.2) is 15.0 Å². The lowest BCUT2D eigenvalue weighted by molar-refractivity contribution is 0.768. The first kappa shape index (κ1) is 39.8. The van der Waals surface area contributed by atoms with Crippen molar-refractivity contribution in [1.29, 1.82) is 0 Å². The average Bonchev–Trinajstić information content (AvgIpc) is 3.72. The number of fused-ring (bicyclic) bond motifs is 3. The van der Waals surface area contributed by atoms with Crippen LogP contribution in [0.15, 0.2) is 261 Å². The molecule has 0 spiro atoms. The highest BCUT2D eigenvalue weighted by Gasteiger charge is 2.46. The van der Waals surface area contributed by atoms with Crippen molar-refractivity contribution in [3.63, 3.8) is 0 Å². The molecule has 0 atom stereocenters. The average molecular weight is 854 g/mol. The van der Waals surface area contributed by atoms with Crippen LogP contribution in [0.25, 0.3) is 89.8 Å². The lowest BCUT2D eigenvalue weighted by atomic mass is 9.67. The van der Waals surface area contributed by atoms with Crippen LogP contribution in [0.2, 0.25) is 0 Å². The van der Waals surface area contributed by atoms with Crippen LogP contribution in [0.4, 0.5) is 0 Å². The van der Waals surface area contributed by atoms with E-state index in [1.54, 1.807) is 0 Å². The Morgan fingerprint density at radius 1 is 0.209 bits per heavy atom. The third kappa shape index (κ3) is 7.24. The number of hydrogen-bond acceptors (Lipinski definition) is 3. The molecule has 11 aromatic rings. The van der Waals surface area contributed by atoms with Gasteiger partial charge < -0.3 is 0 Å². The zero-order valence-electron chi connectivity index (χ0n) is 36.7. The Labute approximate surface area is 391 Å². The molecular weight excluding hydrogens is 811 g/mol. The minimum Gasteiger partial charge on any atom is -0.208 e. The summed E-state index contributed by atoms with van der Waals surface area (Å²) in [5, 5.41) is 0. The van der Waals surface area contributed by atoms with Gasteiger partial charge in [-0.15, -0.1) is 0 Å². The van der Waals surface area contributed by atoms with Crippen molar-refractivity contribution >= 4 is 0 Å². The van der Waals surface area contributed by atoms with E-state index in [0.717, 1.165) is 61.2 Å². The Morgan fingerprint density at radius 2 is 0.537 bits per heavy atom. The molecule has 3 nitrogen and oxygen atoms in total. The van der Waals surface area contributed by atoms with Crippen LogP contribution in [0, 0.1) is 0 Å². The van der Waals surface area contributed by atoms with Gasteiger partial charge in [-0.1, -0.05) is 237 Å². The highest BCUT2D eigenvalue weighted by Crippen LogP contribution is 2.56. The fourth-order valence-corrected chi connectivity index (χ4v) is 10.00. The molecular formula is C64H43N3. The lowest BCUT2D eigenvalue weighted by Crippen LogP contribution is -2.28. The van der Waals surface area contributed by atoms with Gasteiger partial charge in [0.05, 0.1) is 5.41 Å². The van der Waals surface area contributed by atoms with Gasteiger partial charge in [0.1, 0.15) is 0 Å². The summed E-state index contributed by atoms with van der Waals surface area (Å²) >= 11 is 0. The third-order valence-electron chi connectivity index (χ3n) is 13.2. The zero-order valence-corrected chi connectivity index (χ0v) is 36.7. The predicted molar refractivity (Wildman–Crippen MR) is 275 cm³/mol. The second-order valence-electron chi connectivity index (χ2n) is 17.1. The van der Waals surface area contributed by atoms with Gasteiger partial charge in [0.25, 0.3) is 0 Å². The molecule has 0 radical (unpaired) electrons. The first-order valence-electron chi connectivity index (χ1n) is 22.8. The molecule has 0 unspecified atom stereocenters. The molecule has 0 bridgehead atoms. The molecule has 1 aliphatic rings. The van der Waals surface area contributed by atoms with Gasteiger partial charge in [-0.05, 0) is 102 Å². The van der Waals surface area contributed by atoms with E-state index in [1.165, 1.54) is 33.4 Å². The standard InChI is InChI=1S/C64H43N3/c1-6-18-44(19-7-1)47-30-34-49(35-31-47)61-65-62(50-36-32-48(33-37-50)45-20-8-2-9-21-45)67-63(66-61)54-41-52(46-22-10-3-11-23-46)40-53(42-54)51-38-39-60-58(43-51)57-28-16-17-29-59(57)64(60,55-24-12-4-13-25-55)56-26-14-5-15-27-56/h1-43H. The molecule has 1 heterocycles. The summed E-state index contributed by atoms with van der Waals surface area (Å²) in [6, 6.07) is 93.2. The highest BCUT2D eigenvalue weighted by molar-refractivity contribution is 5.90.